The summed E-state index contributed by atoms with van der Waals surface area (Å²) in [6, 6.07) is 5.56. The molecule has 1 fully saturated rings. The summed E-state index contributed by atoms with van der Waals surface area (Å²) in [7, 11) is 0. The molecule has 1 aliphatic carbocycles. The van der Waals surface area contributed by atoms with Crippen LogP contribution in [0, 0.1) is 0 Å². The van der Waals surface area contributed by atoms with E-state index in [0.29, 0.717) is 16.8 Å². The minimum atomic E-state index is -0.519. The summed E-state index contributed by atoms with van der Waals surface area (Å²) in [6.07, 6.45) is 5.29. The molecule has 1 aliphatic rings. The lowest BCUT2D eigenvalue weighted by atomic mass is 9.95. The van der Waals surface area contributed by atoms with Crippen LogP contribution >= 0.6 is 27.5 Å². The Kier molecular flexibility index (Phi) is 5.73. The molecule has 0 bridgehead atoms. The zero-order valence-electron chi connectivity index (χ0n) is 11.5. The second kappa shape index (κ2) is 7.32. The molecule has 1 amide bonds. The van der Waals surface area contributed by atoms with Gasteiger partial charge in [-0.05, 0) is 53.9 Å². The zero-order chi connectivity index (χ0) is 14.5. The normalized spacial score (nSPS) is 17.6. The quantitative estimate of drug-likeness (QED) is 0.868. The molecule has 110 valence electrons. The fourth-order valence-corrected chi connectivity index (χ4v) is 3.16. The van der Waals surface area contributed by atoms with Gasteiger partial charge in [-0.1, -0.05) is 30.9 Å². The maximum Gasteiger partial charge on any atom is 0.260 e. The van der Waals surface area contributed by atoms with E-state index in [1.807, 2.05) is 0 Å². The van der Waals surface area contributed by atoms with E-state index in [-0.39, 0.29) is 5.91 Å². The molecule has 0 heterocycles. The molecule has 5 heteroatoms. The third-order valence-corrected chi connectivity index (χ3v) is 4.37. The molecule has 0 saturated heterocycles. The summed E-state index contributed by atoms with van der Waals surface area (Å²) >= 11 is 9.26. The first-order valence-corrected chi connectivity index (χ1v) is 8.15. The van der Waals surface area contributed by atoms with Crippen molar-refractivity contribution in [2.45, 2.75) is 51.2 Å². The monoisotopic (exact) mass is 359 g/mol. The topological polar surface area (TPSA) is 38.3 Å². The highest BCUT2D eigenvalue weighted by Gasteiger charge is 2.21. The largest absolute Gasteiger partial charge is 0.480 e. The van der Waals surface area contributed by atoms with Crippen LogP contribution in [-0.4, -0.2) is 18.1 Å². The van der Waals surface area contributed by atoms with Gasteiger partial charge in [0, 0.05) is 11.1 Å². The Bertz CT molecular complexity index is 475. The molecule has 1 aromatic rings. The Labute approximate surface area is 133 Å². The summed E-state index contributed by atoms with van der Waals surface area (Å²) in [5.74, 6) is 0.569. The average molecular weight is 361 g/mol. The highest BCUT2D eigenvalue weighted by atomic mass is 79.9. The van der Waals surface area contributed by atoms with Crippen molar-refractivity contribution in [2.75, 3.05) is 0 Å². The second-order valence-corrected chi connectivity index (χ2v) is 6.47. The molecule has 0 aromatic heterocycles. The van der Waals surface area contributed by atoms with Gasteiger partial charge in [-0.25, -0.2) is 0 Å². The van der Waals surface area contributed by atoms with Crippen molar-refractivity contribution in [3.8, 4) is 5.75 Å². The van der Waals surface area contributed by atoms with Gasteiger partial charge in [0.2, 0.25) is 0 Å². The molecular weight excluding hydrogens is 342 g/mol. The second-order valence-electron chi connectivity index (χ2n) is 5.18. The van der Waals surface area contributed by atoms with Gasteiger partial charge in [0.15, 0.2) is 6.10 Å². The van der Waals surface area contributed by atoms with E-state index in [2.05, 4.69) is 21.2 Å². The fraction of sp³-hybridized carbons (Fsp3) is 0.533. The van der Waals surface area contributed by atoms with Crippen molar-refractivity contribution >= 4 is 33.4 Å². The first-order chi connectivity index (χ1) is 9.56. The number of nitrogens with one attached hydrogen (secondary N) is 1. The molecular formula is C15H19BrClNO2. The number of carbonyl (C=O) groups is 1. The van der Waals surface area contributed by atoms with Gasteiger partial charge in [0.05, 0.1) is 4.47 Å². The Morgan fingerprint density at radius 1 is 1.40 bits per heavy atom. The van der Waals surface area contributed by atoms with Crippen molar-refractivity contribution in [2.24, 2.45) is 0 Å². The predicted octanol–water partition coefficient (Wildman–Crippen LogP) is 4.32. The van der Waals surface area contributed by atoms with Crippen molar-refractivity contribution in [1.29, 1.82) is 0 Å². The summed E-state index contributed by atoms with van der Waals surface area (Å²) in [6.45, 7) is 1.76. The minimum absolute atomic E-state index is 0.0567. The number of carbonyl (C=O) groups excluding carboxylic acids is 1. The molecule has 1 aromatic carbocycles. The molecule has 1 saturated carbocycles. The first kappa shape index (κ1) is 15.6. The van der Waals surface area contributed by atoms with E-state index in [9.17, 15) is 4.79 Å². The molecule has 2 rings (SSSR count). The Morgan fingerprint density at radius 2 is 2.10 bits per heavy atom. The average Bonchev–Trinajstić information content (AvgIpc) is 2.43. The van der Waals surface area contributed by atoms with Crippen molar-refractivity contribution in [3.63, 3.8) is 0 Å². The third kappa shape index (κ3) is 4.38. The van der Waals surface area contributed by atoms with Crippen molar-refractivity contribution in [1.82, 2.24) is 5.32 Å². The van der Waals surface area contributed by atoms with E-state index in [4.69, 9.17) is 16.3 Å². The standard InChI is InChI=1S/C15H19BrClNO2/c1-10(15(19)18-12-5-3-2-4-6-12)20-14-8-7-11(17)9-13(14)16/h7-10,12H,2-6H2,1H3,(H,18,19). The smallest absolute Gasteiger partial charge is 0.260 e. The lowest BCUT2D eigenvalue weighted by molar-refractivity contribution is -0.128. The molecule has 0 aliphatic heterocycles. The van der Waals surface area contributed by atoms with Crippen LogP contribution in [-0.2, 0) is 4.79 Å². The zero-order valence-corrected chi connectivity index (χ0v) is 13.8. The van der Waals surface area contributed by atoms with Crippen LogP contribution in [0.4, 0.5) is 0 Å². The van der Waals surface area contributed by atoms with E-state index in [1.54, 1.807) is 25.1 Å². The van der Waals surface area contributed by atoms with Crippen LogP contribution < -0.4 is 10.1 Å². The Balaban J connectivity index is 1.89. The van der Waals surface area contributed by atoms with Crippen molar-refractivity contribution < 1.29 is 9.53 Å². The van der Waals surface area contributed by atoms with E-state index < -0.39 is 6.10 Å². The third-order valence-electron chi connectivity index (χ3n) is 3.52. The molecule has 20 heavy (non-hydrogen) atoms. The molecule has 1 unspecified atom stereocenters. The summed E-state index contributed by atoms with van der Waals surface area (Å²) in [5, 5.41) is 3.69. The van der Waals surface area contributed by atoms with Crippen LogP contribution in [0.5, 0.6) is 5.75 Å². The van der Waals surface area contributed by atoms with E-state index >= 15 is 0 Å². The first-order valence-electron chi connectivity index (χ1n) is 6.98. The number of benzene rings is 1. The number of hydrogen-bond donors (Lipinski definition) is 1. The van der Waals surface area contributed by atoms with Crippen LogP contribution in [0.25, 0.3) is 0 Å². The van der Waals surface area contributed by atoms with Crippen molar-refractivity contribution in [3.05, 3.63) is 27.7 Å². The molecule has 1 N–H and O–H groups in total. The maximum atomic E-state index is 12.1. The van der Waals surface area contributed by atoms with Gasteiger partial charge in [-0.15, -0.1) is 0 Å². The van der Waals surface area contributed by atoms with Gasteiger partial charge >= 0.3 is 0 Å². The number of halogens is 2. The number of hydrogen-bond acceptors (Lipinski definition) is 2. The predicted molar refractivity (Wildman–Crippen MR) is 84.3 cm³/mol. The van der Waals surface area contributed by atoms with E-state index in [1.165, 1.54) is 19.3 Å². The lowest BCUT2D eigenvalue weighted by Crippen LogP contribution is -2.43. The maximum absolute atomic E-state index is 12.1. The van der Waals surface area contributed by atoms with Gasteiger partial charge < -0.3 is 10.1 Å². The lowest BCUT2D eigenvalue weighted by Gasteiger charge is -2.24. The van der Waals surface area contributed by atoms with Gasteiger partial charge in [0.1, 0.15) is 5.75 Å². The highest BCUT2D eigenvalue weighted by molar-refractivity contribution is 9.10. The van der Waals surface area contributed by atoms with E-state index in [0.717, 1.165) is 17.3 Å². The minimum Gasteiger partial charge on any atom is -0.480 e. The Hall–Kier alpha value is -0.740. The van der Waals surface area contributed by atoms with Crippen LogP contribution in [0.3, 0.4) is 0 Å². The summed E-state index contributed by atoms with van der Waals surface area (Å²) in [4.78, 5) is 12.1. The SMILES string of the molecule is CC(Oc1ccc(Cl)cc1Br)C(=O)NC1CCCCC1. The van der Waals surface area contributed by atoms with Gasteiger partial charge in [-0.2, -0.15) is 0 Å². The number of rotatable bonds is 4. The fourth-order valence-electron chi connectivity index (χ4n) is 2.38. The van der Waals surface area contributed by atoms with Gasteiger partial charge in [0.25, 0.3) is 5.91 Å². The number of amides is 1. The Morgan fingerprint density at radius 3 is 2.75 bits per heavy atom. The molecule has 0 spiro atoms. The number of ether oxygens (including phenoxy) is 1. The summed E-state index contributed by atoms with van der Waals surface area (Å²) in [5.41, 5.74) is 0. The highest BCUT2D eigenvalue weighted by Crippen LogP contribution is 2.28. The van der Waals surface area contributed by atoms with Crippen LogP contribution in [0.15, 0.2) is 22.7 Å². The van der Waals surface area contributed by atoms with Crippen LogP contribution in [0.2, 0.25) is 5.02 Å². The molecule has 3 nitrogen and oxygen atoms in total. The summed E-state index contributed by atoms with van der Waals surface area (Å²) < 4.78 is 6.44. The molecule has 1 atom stereocenters. The molecule has 0 radical (unpaired) electrons. The van der Waals surface area contributed by atoms with Crippen LogP contribution in [0.1, 0.15) is 39.0 Å². The van der Waals surface area contributed by atoms with Gasteiger partial charge in [-0.3, -0.25) is 4.79 Å².